The van der Waals surface area contributed by atoms with Gasteiger partial charge in [0.15, 0.2) is 6.23 Å². The van der Waals surface area contributed by atoms with Crippen LogP contribution in [0, 0.1) is 0 Å². The van der Waals surface area contributed by atoms with Crippen LogP contribution in [0.4, 0.5) is 5.82 Å². The van der Waals surface area contributed by atoms with Gasteiger partial charge in [-0.25, -0.2) is 9.97 Å². The summed E-state index contributed by atoms with van der Waals surface area (Å²) in [6, 6.07) is 0. The molecule has 27 heavy (non-hydrogen) atoms. The van der Waals surface area contributed by atoms with Crippen LogP contribution in [-0.2, 0) is 14.3 Å². The molecular formula is C16H17BrN4O6. The lowest BCUT2D eigenvalue weighted by molar-refractivity contribution is -0.112. The van der Waals surface area contributed by atoms with E-state index in [0.29, 0.717) is 16.6 Å². The van der Waals surface area contributed by atoms with Gasteiger partial charge in [-0.3, -0.25) is 4.79 Å². The number of carbonyl (C=O) groups is 1. The SMILES string of the molecule is COC1=C(Br)C(=O)Nc2ncnc3c2c1cn3C1O[C@H](CO)[C@@H](O)[C@@]1(C)O. The second kappa shape index (κ2) is 6.24. The highest BCUT2D eigenvalue weighted by Gasteiger charge is 2.53. The first kappa shape index (κ1) is 18.3. The quantitative estimate of drug-likeness (QED) is 0.526. The second-order valence-corrected chi connectivity index (χ2v) is 7.35. The van der Waals surface area contributed by atoms with Crippen LogP contribution >= 0.6 is 15.9 Å². The molecule has 0 saturated carbocycles. The van der Waals surface area contributed by atoms with Gasteiger partial charge in [0.1, 0.15) is 45.8 Å². The van der Waals surface area contributed by atoms with Gasteiger partial charge < -0.3 is 34.7 Å². The molecule has 4 rings (SSSR count). The molecule has 0 bridgehead atoms. The van der Waals surface area contributed by atoms with E-state index in [1.165, 1.54) is 24.9 Å². The molecule has 11 heteroatoms. The number of nitrogens with zero attached hydrogens (tertiary/aromatic N) is 3. The van der Waals surface area contributed by atoms with Crippen molar-refractivity contribution in [2.24, 2.45) is 0 Å². The lowest BCUT2D eigenvalue weighted by Crippen LogP contribution is -2.44. The lowest BCUT2D eigenvalue weighted by Gasteiger charge is -2.27. The van der Waals surface area contributed by atoms with Gasteiger partial charge in [0.25, 0.3) is 5.91 Å². The summed E-state index contributed by atoms with van der Waals surface area (Å²) >= 11 is 3.23. The zero-order valence-electron chi connectivity index (χ0n) is 14.4. The number of ether oxygens (including phenoxy) is 2. The van der Waals surface area contributed by atoms with E-state index >= 15 is 0 Å². The molecule has 4 N–H and O–H groups in total. The number of aliphatic hydroxyl groups excluding tert-OH is 2. The molecule has 1 fully saturated rings. The van der Waals surface area contributed by atoms with E-state index < -0.39 is 36.6 Å². The van der Waals surface area contributed by atoms with Gasteiger partial charge in [0.05, 0.1) is 19.1 Å². The molecule has 1 saturated heterocycles. The Morgan fingerprint density at radius 3 is 2.85 bits per heavy atom. The Morgan fingerprint density at radius 1 is 1.48 bits per heavy atom. The minimum Gasteiger partial charge on any atom is -0.495 e. The second-order valence-electron chi connectivity index (χ2n) is 6.55. The molecule has 4 atom stereocenters. The summed E-state index contributed by atoms with van der Waals surface area (Å²) in [4.78, 5) is 20.7. The average Bonchev–Trinajstić information content (AvgIpc) is 3.08. The maximum absolute atomic E-state index is 12.3. The Balaban J connectivity index is 1.97. The fourth-order valence-electron chi connectivity index (χ4n) is 3.50. The van der Waals surface area contributed by atoms with E-state index in [0.717, 1.165) is 0 Å². The number of hydrogen-bond acceptors (Lipinski definition) is 8. The van der Waals surface area contributed by atoms with Gasteiger partial charge in [0.2, 0.25) is 0 Å². The third-order valence-electron chi connectivity index (χ3n) is 4.88. The van der Waals surface area contributed by atoms with Gasteiger partial charge >= 0.3 is 0 Å². The fraction of sp³-hybridized carbons (Fsp3) is 0.438. The first-order chi connectivity index (χ1) is 12.8. The molecule has 0 aliphatic carbocycles. The van der Waals surface area contributed by atoms with Crippen LogP contribution in [0.25, 0.3) is 16.8 Å². The molecule has 2 aromatic heterocycles. The minimum absolute atomic E-state index is 0.175. The minimum atomic E-state index is -1.69. The zero-order valence-corrected chi connectivity index (χ0v) is 16.0. The van der Waals surface area contributed by atoms with Crippen LogP contribution in [0.5, 0.6) is 0 Å². The summed E-state index contributed by atoms with van der Waals surface area (Å²) in [5.74, 6) is 0.121. The number of anilines is 1. The zero-order chi connectivity index (χ0) is 19.5. The number of rotatable bonds is 3. The number of hydrogen-bond donors (Lipinski definition) is 4. The monoisotopic (exact) mass is 440 g/mol. The molecule has 0 radical (unpaired) electrons. The Kier molecular flexibility index (Phi) is 4.24. The largest absolute Gasteiger partial charge is 0.495 e. The van der Waals surface area contributed by atoms with Crippen molar-refractivity contribution in [2.75, 3.05) is 19.0 Å². The van der Waals surface area contributed by atoms with E-state index in [-0.39, 0.29) is 16.1 Å². The van der Waals surface area contributed by atoms with Gasteiger partial charge in [-0.1, -0.05) is 0 Å². The molecule has 2 aliphatic rings. The van der Waals surface area contributed by atoms with Crippen molar-refractivity contribution in [3.05, 3.63) is 22.6 Å². The molecule has 10 nitrogen and oxygen atoms in total. The number of aromatic nitrogens is 3. The topological polar surface area (TPSA) is 139 Å². The predicted molar refractivity (Wildman–Crippen MR) is 96.6 cm³/mol. The highest BCUT2D eigenvalue weighted by Crippen LogP contribution is 2.43. The summed E-state index contributed by atoms with van der Waals surface area (Å²) in [7, 11) is 1.43. The summed E-state index contributed by atoms with van der Waals surface area (Å²) in [6.07, 6.45) is -0.409. The van der Waals surface area contributed by atoms with Crippen molar-refractivity contribution in [3.63, 3.8) is 0 Å². The molecule has 2 aromatic rings. The average molecular weight is 441 g/mol. The van der Waals surface area contributed by atoms with Gasteiger partial charge in [-0.15, -0.1) is 0 Å². The third-order valence-corrected chi connectivity index (χ3v) is 5.60. The highest BCUT2D eigenvalue weighted by molar-refractivity contribution is 9.12. The van der Waals surface area contributed by atoms with Crippen molar-refractivity contribution < 1.29 is 29.6 Å². The van der Waals surface area contributed by atoms with Crippen LogP contribution in [0.15, 0.2) is 17.0 Å². The van der Waals surface area contributed by atoms with Crippen LogP contribution in [0.1, 0.15) is 18.7 Å². The smallest absolute Gasteiger partial charge is 0.267 e. The number of carbonyl (C=O) groups excluding carboxylic acids is 1. The number of methoxy groups -OCH3 is 1. The van der Waals surface area contributed by atoms with E-state index in [4.69, 9.17) is 9.47 Å². The standard InChI is InChI=1S/C16H17BrN4O6/c1-16(25)11(23)7(4-22)27-15(16)21-3-6-8-12(18-5-19-13(8)21)20-14(24)9(17)10(6)26-2/h3,5,7,11,15,22-23,25H,4H2,1-2H3,(H,18,19,20,24)/t7-,11-,15?,16-/m1/s1. The Labute approximate surface area is 161 Å². The first-order valence-corrected chi connectivity index (χ1v) is 8.88. The highest BCUT2D eigenvalue weighted by atomic mass is 79.9. The number of amides is 1. The summed E-state index contributed by atoms with van der Waals surface area (Å²) < 4.78 is 12.8. The molecular weight excluding hydrogens is 424 g/mol. The van der Waals surface area contributed by atoms with Crippen molar-refractivity contribution in [3.8, 4) is 0 Å². The van der Waals surface area contributed by atoms with Crippen LogP contribution < -0.4 is 5.32 Å². The Hall–Kier alpha value is -2.05. The fourth-order valence-corrected chi connectivity index (χ4v) is 3.98. The van der Waals surface area contributed by atoms with Gasteiger partial charge in [-0.2, -0.15) is 0 Å². The van der Waals surface area contributed by atoms with Crippen LogP contribution in [0.2, 0.25) is 0 Å². The summed E-state index contributed by atoms with van der Waals surface area (Å²) in [6.45, 7) is 0.965. The number of nitrogens with one attached hydrogen (secondary N) is 1. The van der Waals surface area contributed by atoms with Crippen molar-refractivity contribution in [2.45, 2.75) is 31.0 Å². The number of aliphatic hydroxyl groups is 3. The first-order valence-electron chi connectivity index (χ1n) is 8.09. The number of halogens is 1. The molecule has 2 aliphatic heterocycles. The van der Waals surface area contributed by atoms with E-state index in [9.17, 15) is 20.1 Å². The normalized spacial score (nSPS) is 30.6. The Morgan fingerprint density at radius 2 is 2.22 bits per heavy atom. The maximum atomic E-state index is 12.3. The summed E-state index contributed by atoms with van der Waals surface area (Å²) in [5.41, 5.74) is -0.818. The maximum Gasteiger partial charge on any atom is 0.267 e. The molecule has 1 amide bonds. The van der Waals surface area contributed by atoms with E-state index in [1.807, 2.05) is 0 Å². The van der Waals surface area contributed by atoms with Crippen molar-refractivity contribution in [1.82, 2.24) is 14.5 Å². The third kappa shape index (κ3) is 2.50. The predicted octanol–water partition coefficient (Wildman–Crippen LogP) is 0.0949. The molecule has 144 valence electrons. The van der Waals surface area contributed by atoms with E-state index in [2.05, 4.69) is 31.2 Å². The molecule has 0 aromatic carbocycles. The summed E-state index contributed by atoms with van der Waals surface area (Å²) in [5, 5.41) is 33.7. The van der Waals surface area contributed by atoms with Crippen LogP contribution in [0.3, 0.4) is 0 Å². The molecule has 4 heterocycles. The molecule has 0 spiro atoms. The van der Waals surface area contributed by atoms with E-state index in [1.54, 1.807) is 6.20 Å². The van der Waals surface area contributed by atoms with Gasteiger partial charge in [0, 0.05) is 11.8 Å². The van der Waals surface area contributed by atoms with Crippen molar-refractivity contribution >= 4 is 44.4 Å². The van der Waals surface area contributed by atoms with Gasteiger partial charge in [-0.05, 0) is 22.9 Å². The molecule has 1 unspecified atom stereocenters. The Bertz CT molecular complexity index is 971. The van der Waals surface area contributed by atoms with Crippen molar-refractivity contribution in [1.29, 1.82) is 0 Å². The lowest BCUT2D eigenvalue weighted by atomic mass is 9.96. The van der Waals surface area contributed by atoms with Crippen LogP contribution in [-0.4, -0.2) is 67.3 Å².